The van der Waals surface area contributed by atoms with Gasteiger partial charge in [-0.1, -0.05) is 54.2 Å². The maximum Gasteiger partial charge on any atom is 0.305 e. The second-order valence-corrected chi connectivity index (χ2v) is 11.4. The van der Waals surface area contributed by atoms with Crippen LogP contribution in [-0.4, -0.2) is 70.8 Å². The van der Waals surface area contributed by atoms with E-state index in [1.807, 2.05) is 47.4 Å². The van der Waals surface area contributed by atoms with Crippen molar-refractivity contribution >= 4 is 67.5 Å². The molecule has 0 spiro atoms. The van der Waals surface area contributed by atoms with Crippen LogP contribution in [0.3, 0.4) is 0 Å². The molecule has 0 bridgehead atoms. The lowest BCUT2D eigenvalue weighted by atomic mass is 10.1. The largest absolute Gasteiger partial charge is 0.481 e. The van der Waals surface area contributed by atoms with Gasteiger partial charge in [-0.25, -0.2) is 0 Å². The number of hydrogen-bond donors (Lipinski definition) is 2. The number of thioether (sulfide) groups is 1. The first kappa shape index (κ1) is 26.9. The van der Waals surface area contributed by atoms with Crippen LogP contribution in [-0.2, 0) is 19.7 Å². The van der Waals surface area contributed by atoms with E-state index in [1.165, 1.54) is 4.90 Å². The van der Waals surface area contributed by atoms with Gasteiger partial charge in [0.25, 0.3) is 16.0 Å². The molecule has 2 heterocycles. The van der Waals surface area contributed by atoms with Gasteiger partial charge < -0.3 is 14.9 Å². The zero-order chi connectivity index (χ0) is 26.7. The minimum absolute atomic E-state index is 0.00379. The minimum Gasteiger partial charge on any atom is -0.481 e. The zero-order valence-electron chi connectivity index (χ0n) is 19.9. The van der Waals surface area contributed by atoms with Crippen molar-refractivity contribution in [1.82, 2.24) is 9.80 Å². The number of allylic oxidation sites excluding steroid dienone is 4. The number of fused-ring (bicyclic) bond motifs is 3. The molecule has 2 N–H and O–H groups in total. The molecule has 9 nitrogen and oxygen atoms in total. The highest BCUT2D eigenvalue weighted by atomic mass is 32.2. The van der Waals surface area contributed by atoms with Crippen LogP contribution < -0.4 is 4.90 Å². The molecule has 0 atom stereocenters. The Labute approximate surface area is 224 Å². The van der Waals surface area contributed by atoms with Gasteiger partial charge in [-0.05, 0) is 47.6 Å². The van der Waals surface area contributed by atoms with E-state index in [1.54, 1.807) is 41.9 Å². The van der Waals surface area contributed by atoms with E-state index in [2.05, 4.69) is 0 Å². The van der Waals surface area contributed by atoms with Crippen LogP contribution in [0, 0.1) is 0 Å². The zero-order valence-corrected chi connectivity index (χ0v) is 22.4. The van der Waals surface area contributed by atoms with Gasteiger partial charge in [-0.15, -0.1) is 0 Å². The molecule has 0 saturated carbocycles. The first-order valence-corrected chi connectivity index (χ1v) is 14.2. The average molecular weight is 560 g/mol. The van der Waals surface area contributed by atoms with Crippen molar-refractivity contribution in [2.75, 3.05) is 30.8 Å². The summed E-state index contributed by atoms with van der Waals surface area (Å²) < 4.78 is 31.6. The number of benzene rings is 2. The number of carboxylic acid groups (broad SMARTS) is 1. The van der Waals surface area contributed by atoms with Crippen molar-refractivity contribution in [3.8, 4) is 0 Å². The molecule has 194 valence electrons. The lowest BCUT2D eigenvalue weighted by Crippen LogP contribution is -2.33. The molecule has 0 aromatic heterocycles. The van der Waals surface area contributed by atoms with Crippen LogP contribution in [0.25, 0.3) is 10.8 Å². The summed E-state index contributed by atoms with van der Waals surface area (Å²) in [5.41, 5.74) is 1.30. The number of nitrogens with zero attached hydrogens (tertiary/aromatic N) is 3. The first-order valence-electron chi connectivity index (χ1n) is 11.4. The molecule has 2 aromatic rings. The third-order valence-electron chi connectivity index (χ3n) is 5.90. The molecule has 1 fully saturated rings. The fourth-order valence-corrected chi connectivity index (χ4v) is 6.12. The summed E-state index contributed by atoms with van der Waals surface area (Å²) >= 11 is 6.85. The molecule has 12 heteroatoms. The Hall–Kier alpha value is -3.19. The Bertz CT molecular complexity index is 1470. The van der Waals surface area contributed by atoms with Crippen LogP contribution in [0.4, 0.5) is 5.69 Å². The Morgan fingerprint density at radius 1 is 1.08 bits per heavy atom. The highest BCUT2D eigenvalue weighted by Gasteiger charge is 2.35. The fourth-order valence-electron chi connectivity index (χ4n) is 4.11. The second-order valence-electron chi connectivity index (χ2n) is 8.41. The third-order valence-corrected chi connectivity index (χ3v) is 8.40. The lowest BCUT2D eigenvalue weighted by molar-refractivity contribution is -0.137. The molecule has 0 aliphatic carbocycles. The normalized spacial score (nSPS) is 18.3. The van der Waals surface area contributed by atoms with E-state index in [9.17, 15) is 18.0 Å². The predicted molar refractivity (Wildman–Crippen MR) is 148 cm³/mol. The predicted octanol–water partition coefficient (Wildman–Crippen LogP) is 3.84. The third kappa shape index (κ3) is 6.04. The topological polar surface area (TPSA) is 118 Å². The van der Waals surface area contributed by atoms with Gasteiger partial charge in [0.1, 0.15) is 5.70 Å². The molecular formula is C25H25N3O6S3. The van der Waals surface area contributed by atoms with Crippen LogP contribution in [0.5, 0.6) is 0 Å². The molecule has 1 saturated heterocycles. The second kappa shape index (κ2) is 11.1. The molecule has 37 heavy (non-hydrogen) atoms. The van der Waals surface area contributed by atoms with E-state index in [-0.39, 0.29) is 36.2 Å². The van der Waals surface area contributed by atoms with Crippen molar-refractivity contribution < 1.29 is 27.7 Å². The van der Waals surface area contributed by atoms with Gasteiger partial charge >= 0.3 is 5.97 Å². The highest BCUT2D eigenvalue weighted by Crippen LogP contribution is 2.49. The summed E-state index contributed by atoms with van der Waals surface area (Å²) in [5, 5.41) is 12.2. The molecule has 2 aliphatic heterocycles. The molecule has 2 aromatic carbocycles. The maximum atomic E-state index is 12.7. The average Bonchev–Trinajstić information content (AvgIpc) is 3.29. The van der Waals surface area contributed by atoms with Crippen molar-refractivity contribution in [3.05, 3.63) is 71.4 Å². The monoisotopic (exact) mass is 559 g/mol. The number of likely N-dealkylation sites (N-methyl/N-ethyl adjacent to an activating group) is 1. The van der Waals surface area contributed by atoms with Crippen molar-refractivity contribution in [3.63, 3.8) is 0 Å². The van der Waals surface area contributed by atoms with Gasteiger partial charge in [0.05, 0.1) is 22.9 Å². The van der Waals surface area contributed by atoms with Gasteiger partial charge in [0.15, 0.2) is 5.11 Å². The molecule has 1 amide bonds. The van der Waals surface area contributed by atoms with Gasteiger partial charge in [0.2, 0.25) is 0 Å². The van der Waals surface area contributed by atoms with Crippen LogP contribution in [0.2, 0.25) is 0 Å². The van der Waals surface area contributed by atoms with Gasteiger partial charge in [-0.3, -0.25) is 19.0 Å². The molecule has 2 aliphatic rings. The standard InChI is InChI=1S/C25H25N3O6S3/c1-26-20(24(31)28(25(26)35)15-13-22(29)30)9-4-5-10-21-27(14-6-16-37(32,33)34)19-12-11-17-7-2-3-8-18(17)23(19)36-21/h2-5,7-12H,6,13-16H2,1H3,(H,29,30)(H,32,33,34). The summed E-state index contributed by atoms with van der Waals surface area (Å²) in [4.78, 5) is 29.5. The summed E-state index contributed by atoms with van der Waals surface area (Å²) in [5.74, 6) is -1.70. The lowest BCUT2D eigenvalue weighted by Gasteiger charge is -2.20. The van der Waals surface area contributed by atoms with Crippen molar-refractivity contribution in [2.24, 2.45) is 0 Å². The number of amides is 1. The van der Waals surface area contributed by atoms with Crippen LogP contribution in [0.15, 0.2) is 76.3 Å². The number of anilines is 1. The number of carbonyl (C=O) groups excluding carboxylic acids is 1. The summed E-state index contributed by atoms with van der Waals surface area (Å²) in [6.45, 7) is 0.400. The smallest absolute Gasteiger partial charge is 0.305 e. The Morgan fingerprint density at radius 2 is 1.81 bits per heavy atom. The summed E-state index contributed by atoms with van der Waals surface area (Å²) in [7, 11) is -2.41. The fraction of sp³-hybridized carbons (Fsp3) is 0.240. The molecule has 0 radical (unpaired) electrons. The number of hydrogen-bond acceptors (Lipinski definition) is 7. The Morgan fingerprint density at radius 3 is 2.54 bits per heavy atom. The molecule has 0 unspecified atom stereocenters. The molecular weight excluding hydrogens is 534 g/mol. The summed E-state index contributed by atoms with van der Waals surface area (Å²) in [6, 6.07) is 12.0. The van der Waals surface area contributed by atoms with E-state index >= 15 is 0 Å². The number of carbonyl (C=O) groups is 2. The van der Waals surface area contributed by atoms with Gasteiger partial charge in [0, 0.05) is 25.0 Å². The van der Waals surface area contributed by atoms with Crippen LogP contribution in [0.1, 0.15) is 12.8 Å². The summed E-state index contributed by atoms with van der Waals surface area (Å²) in [6.07, 6.45) is 7.04. The minimum atomic E-state index is -4.06. The number of carboxylic acids is 1. The van der Waals surface area contributed by atoms with E-state index in [0.717, 1.165) is 26.4 Å². The van der Waals surface area contributed by atoms with Crippen LogP contribution >= 0.6 is 24.0 Å². The highest BCUT2D eigenvalue weighted by molar-refractivity contribution is 8.04. The number of thiocarbonyl (C=S) groups is 1. The number of aliphatic carboxylic acids is 1. The van der Waals surface area contributed by atoms with Crippen molar-refractivity contribution in [1.29, 1.82) is 0 Å². The van der Waals surface area contributed by atoms with Crippen molar-refractivity contribution in [2.45, 2.75) is 17.7 Å². The SMILES string of the molecule is CN1C(=S)N(CCC(=O)O)C(=O)C1=CC=CC=C1Sc2c(ccc3ccccc23)N1CCCS(=O)(=O)O. The number of rotatable bonds is 9. The van der Waals surface area contributed by atoms with E-state index in [4.69, 9.17) is 21.9 Å². The Kier molecular flexibility index (Phi) is 8.02. The first-order chi connectivity index (χ1) is 17.6. The van der Waals surface area contributed by atoms with Gasteiger partial charge in [-0.2, -0.15) is 8.42 Å². The van der Waals surface area contributed by atoms with E-state index in [0.29, 0.717) is 12.2 Å². The molecule has 4 rings (SSSR count). The quantitative estimate of drug-likeness (QED) is 0.266. The Balaban J connectivity index is 1.57. The van der Waals surface area contributed by atoms with E-state index < -0.39 is 16.1 Å². The maximum absolute atomic E-state index is 12.7.